The van der Waals surface area contributed by atoms with Crippen LogP contribution in [0.4, 0.5) is 0 Å². The first kappa shape index (κ1) is 30.6. The third-order valence-electron chi connectivity index (χ3n) is 7.97. The Hall–Kier alpha value is -2.96. The molecule has 0 saturated carbocycles. The Bertz CT molecular complexity index is 1350. The molecule has 3 rings (SSSR count). The Kier molecular flexibility index (Phi) is 10.5. The Morgan fingerprint density at radius 3 is 2.21 bits per heavy atom. The number of Topliss-reactive ketones (excluding diaryl/α,β-unsaturated/α-hetero) is 1. The fourth-order valence-corrected chi connectivity index (χ4v) is 5.29. The zero-order chi connectivity index (χ0) is 28.7. The van der Waals surface area contributed by atoms with Crippen LogP contribution in [-0.4, -0.2) is 34.8 Å². The number of ether oxygens (including phenoxy) is 1. The zero-order valence-corrected chi connectivity index (χ0v) is 24.4. The van der Waals surface area contributed by atoms with E-state index in [2.05, 4.69) is 32.9 Å². The summed E-state index contributed by atoms with van der Waals surface area (Å²) < 4.78 is 12.3. The molecule has 1 aliphatic rings. The number of ketones is 1. The van der Waals surface area contributed by atoms with Gasteiger partial charge >= 0.3 is 5.63 Å². The summed E-state index contributed by atoms with van der Waals surface area (Å²) in [6, 6.07) is 1.65. The van der Waals surface area contributed by atoms with Crippen molar-refractivity contribution in [2.45, 2.75) is 98.5 Å². The van der Waals surface area contributed by atoms with Gasteiger partial charge in [-0.3, -0.25) is 4.79 Å². The van der Waals surface area contributed by atoms with Crippen LogP contribution >= 0.6 is 0 Å². The molecule has 0 radical (unpaired) electrons. The highest BCUT2D eigenvalue weighted by atomic mass is 16.5. The normalized spacial score (nSPS) is 17.6. The molecule has 0 saturated heterocycles. The molecule has 2 N–H and O–H groups in total. The second-order valence-electron chi connectivity index (χ2n) is 11.3. The lowest BCUT2D eigenvalue weighted by Gasteiger charge is -2.37. The van der Waals surface area contributed by atoms with E-state index in [0.29, 0.717) is 11.2 Å². The van der Waals surface area contributed by atoms with Gasteiger partial charge in [0.1, 0.15) is 22.5 Å². The average Bonchev–Trinajstić information content (AvgIpc) is 2.89. The van der Waals surface area contributed by atoms with Crippen molar-refractivity contribution < 1.29 is 24.2 Å². The number of aryl methyl sites for hydroxylation is 2. The van der Waals surface area contributed by atoms with Crippen molar-refractivity contribution in [3.63, 3.8) is 0 Å². The van der Waals surface area contributed by atoms with Crippen molar-refractivity contribution in [3.05, 3.63) is 73.7 Å². The maximum atomic E-state index is 12.3. The molecule has 212 valence electrons. The van der Waals surface area contributed by atoms with Crippen LogP contribution in [0, 0.1) is 13.8 Å². The number of carbonyl (C=O) groups is 1. The van der Waals surface area contributed by atoms with Crippen molar-refractivity contribution >= 4 is 16.8 Å². The van der Waals surface area contributed by atoms with Gasteiger partial charge in [-0.25, -0.2) is 4.79 Å². The molecule has 0 amide bonds. The van der Waals surface area contributed by atoms with Crippen molar-refractivity contribution in [2.24, 2.45) is 0 Å². The Morgan fingerprint density at radius 2 is 1.59 bits per heavy atom. The van der Waals surface area contributed by atoms with Crippen molar-refractivity contribution in [2.75, 3.05) is 13.2 Å². The van der Waals surface area contributed by atoms with Crippen LogP contribution in [0.2, 0.25) is 0 Å². The third-order valence-corrected chi connectivity index (χ3v) is 7.97. The summed E-state index contributed by atoms with van der Waals surface area (Å²) in [6.07, 6.45) is 13.9. The maximum absolute atomic E-state index is 12.3. The molecule has 6 heteroatoms. The van der Waals surface area contributed by atoms with Gasteiger partial charge in [-0.1, -0.05) is 29.4 Å². The smallest absolute Gasteiger partial charge is 0.347 e. The third kappa shape index (κ3) is 7.58. The number of hydrogen-bond acceptors (Lipinski definition) is 6. The summed E-state index contributed by atoms with van der Waals surface area (Å²) >= 11 is 0. The van der Waals surface area contributed by atoms with Crippen LogP contribution in [0.5, 0.6) is 5.75 Å². The SMILES string of the molecule is CC(=O)c1cc2c(C)c3c(c(C)c2oc1=O)CC[C@@](C)(CC/C=C(\C)CC/C=C(\C)CCC=C(CO)CO)O3. The summed E-state index contributed by atoms with van der Waals surface area (Å²) in [5.74, 6) is 0.559. The topological polar surface area (TPSA) is 97.0 Å². The van der Waals surface area contributed by atoms with Gasteiger partial charge in [-0.15, -0.1) is 0 Å². The fraction of sp³-hybridized carbons (Fsp3) is 0.515. The molecule has 1 atom stereocenters. The molecule has 0 unspecified atom stereocenters. The highest BCUT2D eigenvalue weighted by Gasteiger charge is 2.34. The van der Waals surface area contributed by atoms with E-state index in [9.17, 15) is 9.59 Å². The monoisotopic (exact) mass is 536 g/mol. The second kappa shape index (κ2) is 13.4. The molecular weight excluding hydrogens is 492 g/mol. The number of fused-ring (bicyclic) bond motifs is 2. The highest BCUT2D eigenvalue weighted by Crippen LogP contribution is 2.43. The number of benzene rings is 1. The van der Waals surface area contributed by atoms with Crippen LogP contribution in [0.3, 0.4) is 0 Å². The Balaban J connectivity index is 1.62. The van der Waals surface area contributed by atoms with Crippen molar-refractivity contribution in [1.29, 1.82) is 0 Å². The predicted molar refractivity (Wildman–Crippen MR) is 157 cm³/mol. The van der Waals surface area contributed by atoms with E-state index in [1.807, 2.05) is 19.9 Å². The summed E-state index contributed by atoms with van der Waals surface area (Å²) in [5.41, 5.74) is 6.03. The van der Waals surface area contributed by atoms with Crippen LogP contribution in [-0.2, 0) is 6.42 Å². The lowest BCUT2D eigenvalue weighted by atomic mass is 9.85. The zero-order valence-electron chi connectivity index (χ0n) is 24.4. The molecule has 1 aliphatic heterocycles. The Labute approximate surface area is 232 Å². The minimum absolute atomic E-state index is 0.0727. The molecule has 0 fully saturated rings. The molecule has 0 bridgehead atoms. The fourth-order valence-electron chi connectivity index (χ4n) is 5.29. The van der Waals surface area contributed by atoms with Gasteiger partial charge in [0.15, 0.2) is 5.78 Å². The molecule has 0 aliphatic carbocycles. The summed E-state index contributed by atoms with van der Waals surface area (Å²) in [7, 11) is 0. The molecule has 0 spiro atoms. The number of rotatable bonds is 12. The minimum Gasteiger partial charge on any atom is -0.487 e. The van der Waals surface area contributed by atoms with Gasteiger partial charge in [-0.05, 0) is 110 Å². The lowest BCUT2D eigenvalue weighted by molar-refractivity contribution is 0.0563. The maximum Gasteiger partial charge on any atom is 0.347 e. The number of hydrogen-bond donors (Lipinski definition) is 2. The van der Waals surface area contributed by atoms with Gasteiger partial charge in [-0.2, -0.15) is 0 Å². The van der Waals surface area contributed by atoms with E-state index < -0.39 is 5.63 Å². The van der Waals surface area contributed by atoms with E-state index in [0.717, 1.165) is 79.2 Å². The van der Waals surface area contributed by atoms with E-state index in [4.69, 9.17) is 19.4 Å². The van der Waals surface area contributed by atoms with E-state index in [-0.39, 0.29) is 30.2 Å². The predicted octanol–water partition coefficient (Wildman–Crippen LogP) is 6.84. The van der Waals surface area contributed by atoms with E-state index in [1.54, 1.807) is 6.07 Å². The molecule has 39 heavy (non-hydrogen) atoms. The molecule has 2 aromatic rings. The second-order valence-corrected chi connectivity index (χ2v) is 11.3. The molecular formula is C33H44O6. The number of allylic oxidation sites excluding steroid dienone is 5. The molecule has 1 aromatic carbocycles. The van der Waals surface area contributed by atoms with Crippen molar-refractivity contribution in [1.82, 2.24) is 0 Å². The first-order valence-corrected chi connectivity index (χ1v) is 14.0. The van der Waals surface area contributed by atoms with E-state index >= 15 is 0 Å². The van der Waals surface area contributed by atoms with Crippen molar-refractivity contribution in [3.8, 4) is 5.75 Å². The minimum atomic E-state index is -0.585. The van der Waals surface area contributed by atoms with E-state index in [1.165, 1.54) is 18.1 Å². The van der Waals surface area contributed by atoms with Crippen LogP contribution in [0.25, 0.3) is 11.0 Å². The van der Waals surface area contributed by atoms with Gasteiger partial charge < -0.3 is 19.4 Å². The summed E-state index contributed by atoms with van der Waals surface area (Å²) in [5, 5.41) is 19.0. The highest BCUT2D eigenvalue weighted by molar-refractivity contribution is 5.98. The molecule has 2 heterocycles. The molecule has 1 aromatic heterocycles. The first-order valence-electron chi connectivity index (χ1n) is 14.0. The van der Waals surface area contributed by atoms with Gasteiger partial charge in [0.25, 0.3) is 0 Å². The molecule has 6 nitrogen and oxygen atoms in total. The van der Waals surface area contributed by atoms with Gasteiger partial charge in [0.05, 0.1) is 13.2 Å². The standard InChI is InChI=1S/C33H44O6/c1-21(12-8-14-26(19-34)20-35)10-7-11-22(2)13-9-16-33(6)17-15-27-23(3)30-28(24(4)31(27)39-33)18-29(25(5)36)32(37)38-30/h10,13-14,18,34-35H,7-9,11-12,15-17,19-20H2,1-6H3/b21-10+,22-13+/t33-/m1/s1. The van der Waals surface area contributed by atoms with Gasteiger partial charge in [0, 0.05) is 16.5 Å². The van der Waals surface area contributed by atoms with Crippen LogP contribution in [0.15, 0.2) is 50.2 Å². The first-order chi connectivity index (χ1) is 18.5. The Morgan fingerprint density at radius 1 is 0.974 bits per heavy atom. The summed E-state index contributed by atoms with van der Waals surface area (Å²) in [4.78, 5) is 24.3. The van der Waals surface area contributed by atoms with Crippen LogP contribution in [0.1, 0.15) is 99.7 Å². The summed E-state index contributed by atoms with van der Waals surface area (Å²) in [6.45, 7) is 11.6. The van der Waals surface area contributed by atoms with Crippen LogP contribution < -0.4 is 10.4 Å². The number of aliphatic hydroxyl groups is 2. The van der Waals surface area contributed by atoms with Gasteiger partial charge in [0.2, 0.25) is 0 Å². The largest absolute Gasteiger partial charge is 0.487 e. The quantitative estimate of drug-likeness (QED) is 0.175. The number of aliphatic hydroxyl groups excluding tert-OH is 2. The number of carbonyl (C=O) groups excluding carboxylic acids is 1. The lowest BCUT2D eigenvalue weighted by Crippen LogP contribution is -2.37. The average molecular weight is 537 g/mol.